The maximum atomic E-state index is 14.2. The van der Waals surface area contributed by atoms with Gasteiger partial charge in [-0.15, -0.1) is 0 Å². The van der Waals surface area contributed by atoms with Gasteiger partial charge in [0.05, 0.1) is 18.1 Å². The van der Waals surface area contributed by atoms with Gasteiger partial charge in [0.1, 0.15) is 23.8 Å². The zero-order valence-electron chi connectivity index (χ0n) is 25.6. The molecule has 3 saturated carbocycles. The van der Waals surface area contributed by atoms with Crippen molar-refractivity contribution in [2.75, 3.05) is 18.6 Å². The molecule has 3 aliphatic carbocycles. The summed E-state index contributed by atoms with van der Waals surface area (Å²) in [6, 6.07) is 16.2. The Bertz CT molecular complexity index is 1550. The lowest BCUT2D eigenvalue weighted by atomic mass is 9.71. The average molecular weight is 596 g/mol. The van der Waals surface area contributed by atoms with Crippen LogP contribution in [0, 0.1) is 28.6 Å². The molecule has 1 heterocycles. The number of methoxy groups -OCH3 is 1. The summed E-state index contributed by atoms with van der Waals surface area (Å²) in [6.45, 7) is 2.42. The van der Waals surface area contributed by atoms with Crippen molar-refractivity contribution in [3.05, 3.63) is 65.7 Å². The summed E-state index contributed by atoms with van der Waals surface area (Å²) < 4.78 is 11.1. The van der Waals surface area contributed by atoms with Gasteiger partial charge in [0.15, 0.2) is 5.89 Å². The summed E-state index contributed by atoms with van der Waals surface area (Å²) in [5, 5.41) is 19.3. The Balaban J connectivity index is 1.20. The minimum atomic E-state index is -0.776. The van der Waals surface area contributed by atoms with Crippen LogP contribution < -0.4 is 9.64 Å². The molecule has 0 unspecified atom stereocenters. The van der Waals surface area contributed by atoms with Crippen molar-refractivity contribution in [3.8, 4) is 23.1 Å². The number of carboxylic acid groups (broad SMARTS) is 1. The fraction of sp³-hybridized carbons (Fsp3) is 0.500. The quantitative estimate of drug-likeness (QED) is 0.270. The first kappa shape index (κ1) is 29.9. The number of hydrogen-bond donors (Lipinski definition) is 1. The van der Waals surface area contributed by atoms with Gasteiger partial charge in [-0.1, -0.05) is 18.2 Å². The van der Waals surface area contributed by atoms with Crippen LogP contribution in [0.3, 0.4) is 0 Å². The predicted octanol–water partition coefficient (Wildman–Crippen LogP) is 7.69. The highest BCUT2D eigenvalue weighted by molar-refractivity contribution is 5.96. The Labute approximate surface area is 259 Å². The van der Waals surface area contributed by atoms with Crippen molar-refractivity contribution >= 4 is 17.6 Å². The number of carboxylic acids is 1. The second-order valence-electron chi connectivity index (χ2n) is 13.3. The van der Waals surface area contributed by atoms with E-state index in [0.717, 1.165) is 61.4 Å². The molecule has 0 radical (unpaired) electrons. The summed E-state index contributed by atoms with van der Waals surface area (Å²) in [5.41, 5.74) is 3.53. The number of carbonyl (C=O) groups excluding carboxylic acids is 1. The van der Waals surface area contributed by atoms with Crippen LogP contribution in [0.2, 0.25) is 0 Å². The van der Waals surface area contributed by atoms with Crippen LogP contribution in [0.1, 0.15) is 100.0 Å². The van der Waals surface area contributed by atoms with E-state index in [4.69, 9.17) is 14.1 Å². The number of benzene rings is 2. The van der Waals surface area contributed by atoms with Crippen LogP contribution in [0.25, 0.3) is 11.3 Å². The van der Waals surface area contributed by atoms with Crippen LogP contribution >= 0.6 is 0 Å². The lowest BCUT2D eigenvalue weighted by Crippen LogP contribution is -2.43. The van der Waals surface area contributed by atoms with Crippen LogP contribution in [0.4, 0.5) is 5.69 Å². The van der Waals surface area contributed by atoms with E-state index < -0.39 is 11.4 Å². The topological polar surface area (TPSA) is 117 Å². The van der Waals surface area contributed by atoms with Gasteiger partial charge < -0.3 is 19.2 Å². The zero-order valence-corrected chi connectivity index (χ0v) is 25.6. The Morgan fingerprint density at radius 1 is 1.05 bits per heavy atom. The number of rotatable bonds is 9. The smallest absolute Gasteiger partial charge is 0.309 e. The molecule has 8 nitrogen and oxygen atoms in total. The predicted molar refractivity (Wildman–Crippen MR) is 166 cm³/mol. The number of carbonyl (C=O) groups is 2. The van der Waals surface area contributed by atoms with Gasteiger partial charge in [0.25, 0.3) is 0 Å². The number of nitriles is 1. The van der Waals surface area contributed by atoms with E-state index in [9.17, 15) is 20.0 Å². The molecule has 3 aliphatic rings. The molecule has 1 N–H and O–H groups in total. The van der Waals surface area contributed by atoms with Crippen molar-refractivity contribution < 1.29 is 23.8 Å². The number of hydrogen-bond acceptors (Lipinski definition) is 6. The van der Waals surface area contributed by atoms with Crippen LogP contribution in [-0.2, 0) is 9.59 Å². The van der Waals surface area contributed by atoms with Crippen LogP contribution in [0.5, 0.6) is 5.75 Å². The lowest BCUT2D eigenvalue weighted by Gasteiger charge is -2.38. The number of ether oxygens (including phenoxy) is 1. The number of aromatic nitrogens is 1. The first-order valence-electron chi connectivity index (χ1n) is 16.0. The Morgan fingerprint density at radius 2 is 1.77 bits per heavy atom. The molecular weight excluding hydrogens is 554 g/mol. The molecule has 1 aromatic heterocycles. The normalized spacial score (nSPS) is 25.2. The summed E-state index contributed by atoms with van der Waals surface area (Å²) in [5.74, 6) is 1.64. The summed E-state index contributed by atoms with van der Waals surface area (Å²) in [6.07, 6.45) is 10.1. The third-order valence-electron chi connectivity index (χ3n) is 10.2. The van der Waals surface area contributed by atoms with E-state index in [1.165, 1.54) is 5.56 Å². The Hall–Kier alpha value is -4.12. The first-order chi connectivity index (χ1) is 21.3. The van der Waals surface area contributed by atoms with Gasteiger partial charge in [0, 0.05) is 29.6 Å². The maximum Gasteiger partial charge on any atom is 0.309 e. The van der Waals surface area contributed by atoms with Gasteiger partial charge >= 0.3 is 5.97 Å². The van der Waals surface area contributed by atoms with E-state index in [-0.39, 0.29) is 11.8 Å². The molecule has 6 rings (SSSR count). The van der Waals surface area contributed by atoms with Crippen LogP contribution in [-0.4, -0.2) is 35.6 Å². The molecule has 2 aromatic carbocycles. The number of aliphatic carboxylic acids is 1. The average Bonchev–Trinajstić information content (AvgIpc) is 3.79. The number of nitrogens with zero attached hydrogens (tertiary/aromatic N) is 3. The second kappa shape index (κ2) is 12.5. The fourth-order valence-electron chi connectivity index (χ4n) is 7.03. The largest absolute Gasteiger partial charge is 0.495 e. The Morgan fingerprint density at radius 3 is 2.43 bits per heavy atom. The Kier molecular flexibility index (Phi) is 8.48. The minimum absolute atomic E-state index is 0.0874. The number of anilines is 1. The van der Waals surface area contributed by atoms with Crippen molar-refractivity contribution in [1.82, 2.24) is 4.98 Å². The van der Waals surface area contributed by atoms with E-state index in [1.807, 2.05) is 41.3 Å². The highest BCUT2D eigenvalue weighted by Crippen LogP contribution is 2.43. The van der Waals surface area contributed by atoms with Gasteiger partial charge in [-0.05, 0) is 113 Å². The molecule has 3 fully saturated rings. The molecular formula is C36H41N3O5. The van der Waals surface area contributed by atoms with E-state index in [0.29, 0.717) is 61.3 Å². The van der Waals surface area contributed by atoms with Crippen molar-refractivity contribution in [2.24, 2.45) is 17.3 Å². The molecule has 0 atom stereocenters. The molecule has 8 heteroatoms. The zero-order chi connectivity index (χ0) is 30.8. The lowest BCUT2D eigenvalue weighted by molar-refractivity contribution is -0.151. The molecule has 230 valence electrons. The third-order valence-corrected chi connectivity index (χ3v) is 10.2. The summed E-state index contributed by atoms with van der Waals surface area (Å²) >= 11 is 0. The summed E-state index contributed by atoms with van der Waals surface area (Å²) in [4.78, 5) is 32.8. The number of oxazole rings is 1. The SMILES string of the molecule is COc1ccc([C@H]2CC[C@H](CN(c3cccc(-c4coc(C5CC5)n4)c3)C(=O)[C@H]3CC[C@](C)(C(=O)O)CC3)CC2)cc1C#N. The van der Waals surface area contributed by atoms with E-state index >= 15 is 0 Å². The minimum Gasteiger partial charge on any atom is -0.495 e. The molecule has 44 heavy (non-hydrogen) atoms. The molecule has 1 amide bonds. The maximum absolute atomic E-state index is 14.2. The van der Waals surface area contributed by atoms with Crippen molar-refractivity contribution in [1.29, 1.82) is 5.26 Å². The molecule has 0 bridgehead atoms. The fourth-order valence-corrected chi connectivity index (χ4v) is 7.03. The van der Waals surface area contributed by atoms with Gasteiger partial charge in [-0.3, -0.25) is 9.59 Å². The van der Waals surface area contributed by atoms with Gasteiger partial charge in [-0.2, -0.15) is 5.26 Å². The standard InChI is InChI=1S/C36H41N3O5/c1-36(35(41)42)16-14-26(15-17-36)34(40)39(30-5-3-4-28(19-30)31-22-44-33(38-31)25-10-11-25)21-23-6-8-24(9-7-23)27-12-13-32(43-2)29(18-27)20-37/h3-5,12-13,18-19,22-26H,6-11,14-17,21H2,1-2H3,(H,41,42)/t23-,24-,26-,36-. The van der Waals surface area contributed by atoms with Crippen molar-refractivity contribution in [2.45, 2.75) is 83.0 Å². The van der Waals surface area contributed by atoms with Crippen molar-refractivity contribution in [3.63, 3.8) is 0 Å². The molecule has 0 saturated heterocycles. The first-order valence-corrected chi connectivity index (χ1v) is 16.0. The second-order valence-corrected chi connectivity index (χ2v) is 13.3. The monoisotopic (exact) mass is 595 g/mol. The molecule has 0 spiro atoms. The summed E-state index contributed by atoms with van der Waals surface area (Å²) in [7, 11) is 1.58. The highest BCUT2D eigenvalue weighted by atomic mass is 16.5. The van der Waals surface area contributed by atoms with E-state index in [1.54, 1.807) is 20.3 Å². The molecule has 0 aliphatic heterocycles. The van der Waals surface area contributed by atoms with Gasteiger partial charge in [-0.25, -0.2) is 4.98 Å². The number of amides is 1. The highest BCUT2D eigenvalue weighted by Gasteiger charge is 2.41. The van der Waals surface area contributed by atoms with Gasteiger partial charge in [0.2, 0.25) is 5.91 Å². The third kappa shape index (κ3) is 6.24. The molecule has 3 aromatic rings. The van der Waals surface area contributed by atoms with Crippen LogP contribution in [0.15, 0.2) is 53.1 Å². The van der Waals surface area contributed by atoms with E-state index in [2.05, 4.69) is 12.1 Å².